The van der Waals surface area contributed by atoms with Crippen LogP contribution in [0, 0.1) is 5.41 Å². The molecule has 0 bridgehead atoms. The number of carboxylic acids is 1. The van der Waals surface area contributed by atoms with Gasteiger partial charge in [-0.05, 0) is 20.8 Å². The lowest BCUT2D eigenvalue weighted by Gasteiger charge is -2.22. The summed E-state index contributed by atoms with van der Waals surface area (Å²) >= 11 is 0. The van der Waals surface area contributed by atoms with E-state index in [1.54, 1.807) is 20.8 Å². The Kier molecular flexibility index (Phi) is 7.62. The molecule has 0 aromatic rings. The summed E-state index contributed by atoms with van der Waals surface area (Å²) in [6.45, 7) is 6.35. The predicted molar refractivity (Wildman–Crippen MR) is 61.7 cm³/mol. The van der Waals surface area contributed by atoms with Gasteiger partial charge < -0.3 is 14.7 Å². The third-order valence-electron chi connectivity index (χ3n) is 1.63. The minimum absolute atomic E-state index is 0.315. The minimum atomic E-state index is -0.757. The van der Waals surface area contributed by atoms with Gasteiger partial charge in [-0.2, -0.15) is 0 Å². The van der Waals surface area contributed by atoms with Crippen LogP contribution in [0.3, 0.4) is 0 Å². The van der Waals surface area contributed by atoms with E-state index in [0.29, 0.717) is 6.61 Å². The molecular weight excluding hydrogens is 194 g/mol. The van der Waals surface area contributed by atoms with Crippen LogP contribution in [0.5, 0.6) is 0 Å². The van der Waals surface area contributed by atoms with Gasteiger partial charge in [0.1, 0.15) is 0 Å². The van der Waals surface area contributed by atoms with Crippen LogP contribution in [0.1, 0.15) is 27.2 Å². The largest absolute Gasteiger partial charge is 0.481 e. The van der Waals surface area contributed by atoms with Gasteiger partial charge >= 0.3 is 5.97 Å². The summed E-state index contributed by atoms with van der Waals surface area (Å²) in [6, 6.07) is 0. The van der Waals surface area contributed by atoms with Crippen molar-refractivity contribution in [2.24, 2.45) is 5.41 Å². The molecule has 4 nitrogen and oxygen atoms in total. The highest BCUT2D eigenvalue weighted by atomic mass is 16.4. The van der Waals surface area contributed by atoms with Crippen LogP contribution in [0.25, 0.3) is 0 Å². The fourth-order valence-corrected chi connectivity index (χ4v) is 0.545. The minimum Gasteiger partial charge on any atom is -0.481 e. The zero-order valence-corrected chi connectivity index (χ0v) is 10.9. The maximum Gasteiger partial charge on any atom is 0.308 e. The topological polar surface area (TPSA) is 57.5 Å². The highest BCUT2D eigenvalue weighted by Crippen LogP contribution is 2.11. The number of quaternary nitrogens is 1. The van der Waals surface area contributed by atoms with E-state index in [9.17, 15) is 4.79 Å². The highest BCUT2D eigenvalue weighted by molar-refractivity contribution is 5.72. The van der Waals surface area contributed by atoms with Crippen molar-refractivity contribution in [3.05, 3.63) is 0 Å². The third kappa shape index (κ3) is 16.1. The quantitative estimate of drug-likeness (QED) is 0.702. The van der Waals surface area contributed by atoms with Crippen molar-refractivity contribution in [3.8, 4) is 0 Å². The molecule has 0 heterocycles. The lowest BCUT2D eigenvalue weighted by molar-refractivity contribution is -0.870. The van der Waals surface area contributed by atoms with Crippen LogP contribution in [-0.2, 0) is 4.79 Å². The Bertz CT molecular complexity index is 177. The molecule has 0 atom stereocenters. The second-order valence-electron chi connectivity index (χ2n) is 5.65. The van der Waals surface area contributed by atoms with Gasteiger partial charge in [0.15, 0.2) is 0 Å². The monoisotopic (exact) mass is 220 g/mol. The molecule has 92 valence electrons. The molecule has 0 aliphatic carbocycles. The molecular formula is C11H26NO3+. The normalized spacial score (nSPS) is 11.7. The summed E-state index contributed by atoms with van der Waals surface area (Å²) in [7, 11) is 6.36. The van der Waals surface area contributed by atoms with Crippen LogP contribution < -0.4 is 0 Å². The zero-order valence-electron chi connectivity index (χ0n) is 10.9. The number of aliphatic hydroxyl groups excluding tert-OH is 1. The third-order valence-corrected chi connectivity index (χ3v) is 1.63. The van der Waals surface area contributed by atoms with Gasteiger partial charge in [-0.1, -0.05) is 0 Å². The Hall–Kier alpha value is -0.610. The Morgan fingerprint density at radius 3 is 1.60 bits per heavy atom. The molecule has 0 rings (SSSR count). The molecule has 0 aromatic carbocycles. The van der Waals surface area contributed by atoms with E-state index in [1.165, 1.54) is 0 Å². The van der Waals surface area contributed by atoms with Gasteiger partial charge in [-0.25, -0.2) is 0 Å². The standard InChI is InChI=1S/C6H16NO.C5H10O2/c1-7(2,3)5-4-6-8;1-5(2,3)4(6)7/h8H,4-6H2,1-3H3;1-3H3,(H,6,7)/q+1;. The number of aliphatic hydroxyl groups is 1. The van der Waals surface area contributed by atoms with Crippen molar-refractivity contribution in [3.63, 3.8) is 0 Å². The summed E-state index contributed by atoms with van der Waals surface area (Å²) < 4.78 is 0.945. The van der Waals surface area contributed by atoms with E-state index in [4.69, 9.17) is 10.2 Å². The Balaban J connectivity index is 0. The van der Waals surface area contributed by atoms with E-state index < -0.39 is 11.4 Å². The van der Waals surface area contributed by atoms with Crippen molar-refractivity contribution < 1.29 is 19.5 Å². The van der Waals surface area contributed by atoms with Gasteiger partial charge in [-0.15, -0.1) is 0 Å². The molecule has 0 amide bonds. The van der Waals surface area contributed by atoms with Crippen molar-refractivity contribution in [1.29, 1.82) is 0 Å². The van der Waals surface area contributed by atoms with E-state index >= 15 is 0 Å². The van der Waals surface area contributed by atoms with Gasteiger partial charge in [0.25, 0.3) is 0 Å². The van der Waals surface area contributed by atoms with Gasteiger partial charge in [-0.3, -0.25) is 4.79 Å². The summed E-state index contributed by atoms with van der Waals surface area (Å²) in [5, 5.41) is 16.7. The zero-order chi connectivity index (χ0) is 12.7. The number of carboxylic acid groups (broad SMARTS) is 1. The first-order valence-electron chi connectivity index (χ1n) is 5.15. The number of rotatable bonds is 3. The summed E-state index contributed by atoms with van der Waals surface area (Å²) in [6.07, 6.45) is 0.906. The maximum atomic E-state index is 10.0. The fraction of sp³-hybridized carbons (Fsp3) is 0.909. The van der Waals surface area contributed by atoms with Gasteiger partial charge in [0.05, 0.1) is 33.1 Å². The van der Waals surface area contributed by atoms with E-state index in [1.807, 2.05) is 0 Å². The molecule has 0 radical (unpaired) electrons. The SMILES string of the molecule is CC(C)(C)C(=O)O.C[N+](C)(C)CCCO. The molecule has 15 heavy (non-hydrogen) atoms. The van der Waals surface area contributed by atoms with Crippen LogP contribution in [0.15, 0.2) is 0 Å². The summed E-state index contributed by atoms with van der Waals surface area (Å²) in [4.78, 5) is 10.0. The fourth-order valence-electron chi connectivity index (χ4n) is 0.545. The number of carbonyl (C=O) groups is 1. The lowest BCUT2D eigenvalue weighted by atomic mass is 9.98. The molecule has 0 aliphatic rings. The van der Waals surface area contributed by atoms with Crippen LogP contribution in [-0.4, -0.2) is 55.0 Å². The van der Waals surface area contributed by atoms with Gasteiger partial charge in [0.2, 0.25) is 0 Å². The number of hydrogen-bond acceptors (Lipinski definition) is 2. The smallest absolute Gasteiger partial charge is 0.308 e. The number of hydrogen-bond donors (Lipinski definition) is 2. The molecule has 0 aromatic heterocycles. The number of nitrogens with zero attached hydrogens (tertiary/aromatic N) is 1. The van der Waals surface area contributed by atoms with Crippen LogP contribution in [0.4, 0.5) is 0 Å². The predicted octanol–water partition coefficient (Wildman–Crippen LogP) is 1.19. The van der Waals surface area contributed by atoms with Gasteiger partial charge in [0, 0.05) is 13.0 Å². The second-order valence-corrected chi connectivity index (χ2v) is 5.65. The van der Waals surface area contributed by atoms with Crippen molar-refractivity contribution in [2.45, 2.75) is 27.2 Å². The average molecular weight is 220 g/mol. The van der Waals surface area contributed by atoms with E-state index in [-0.39, 0.29) is 0 Å². The summed E-state index contributed by atoms with van der Waals surface area (Å²) in [5.41, 5.74) is -0.583. The molecule has 0 saturated carbocycles. The summed E-state index contributed by atoms with van der Waals surface area (Å²) in [5.74, 6) is -0.757. The van der Waals surface area contributed by atoms with Crippen LogP contribution >= 0.6 is 0 Å². The van der Waals surface area contributed by atoms with Crippen molar-refractivity contribution in [2.75, 3.05) is 34.3 Å². The molecule has 0 spiro atoms. The molecule has 4 heteroatoms. The van der Waals surface area contributed by atoms with Crippen molar-refractivity contribution >= 4 is 5.97 Å². The first kappa shape index (κ1) is 16.8. The maximum absolute atomic E-state index is 10.0. The average Bonchev–Trinajstić information content (AvgIpc) is 1.98. The first-order chi connectivity index (χ1) is 6.50. The Morgan fingerprint density at radius 2 is 1.53 bits per heavy atom. The molecule has 0 fully saturated rings. The number of aliphatic carboxylic acids is 1. The van der Waals surface area contributed by atoms with Crippen LogP contribution in [0.2, 0.25) is 0 Å². The van der Waals surface area contributed by atoms with Crippen molar-refractivity contribution in [1.82, 2.24) is 0 Å². The second kappa shape index (κ2) is 6.80. The molecule has 2 N–H and O–H groups in total. The molecule has 0 saturated heterocycles. The molecule has 0 aliphatic heterocycles. The Labute approximate surface area is 93.1 Å². The lowest BCUT2D eigenvalue weighted by Crippen LogP contribution is -2.35. The van der Waals surface area contributed by atoms with E-state index in [0.717, 1.165) is 17.4 Å². The first-order valence-corrected chi connectivity index (χ1v) is 5.15. The van der Waals surface area contributed by atoms with E-state index in [2.05, 4.69) is 21.1 Å². The molecule has 0 unspecified atom stereocenters. The highest BCUT2D eigenvalue weighted by Gasteiger charge is 2.18. The Morgan fingerprint density at radius 1 is 1.20 bits per heavy atom.